The van der Waals surface area contributed by atoms with Gasteiger partial charge in [-0.3, -0.25) is 9.59 Å². The van der Waals surface area contributed by atoms with Gasteiger partial charge in [0.25, 0.3) is 0 Å². The molecule has 8 nitrogen and oxygen atoms in total. The molecule has 0 radical (unpaired) electrons. The smallest absolute Gasteiger partial charge is 0.416 e. The van der Waals surface area contributed by atoms with Crippen LogP contribution in [0.3, 0.4) is 0 Å². The maximum absolute atomic E-state index is 12.9. The molecule has 0 aliphatic carbocycles. The van der Waals surface area contributed by atoms with E-state index in [2.05, 4.69) is 5.32 Å². The van der Waals surface area contributed by atoms with Gasteiger partial charge in [-0.2, -0.15) is 13.2 Å². The molecule has 34 heavy (non-hydrogen) atoms. The van der Waals surface area contributed by atoms with Crippen LogP contribution in [-0.2, 0) is 22.3 Å². The van der Waals surface area contributed by atoms with Gasteiger partial charge in [-0.1, -0.05) is 12.1 Å². The Kier molecular flexibility index (Phi) is 6.82. The van der Waals surface area contributed by atoms with Gasteiger partial charge in [0.15, 0.2) is 11.5 Å². The van der Waals surface area contributed by atoms with E-state index >= 15 is 0 Å². The Morgan fingerprint density at radius 3 is 2.79 bits per heavy atom. The van der Waals surface area contributed by atoms with Crippen LogP contribution in [0.4, 0.5) is 13.2 Å². The fraction of sp³-hybridized carbons (Fsp3) is 0.391. The Morgan fingerprint density at radius 2 is 2.00 bits per heavy atom. The van der Waals surface area contributed by atoms with Gasteiger partial charge in [0.2, 0.25) is 18.6 Å². The van der Waals surface area contributed by atoms with Gasteiger partial charge in [-0.05, 0) is 29.8 Å². The van der Waals surface area contributed by atoms with Crippen molar-refractivity contribution >= 4 is 11.8 Å². The molecular formula is C23H23F3N2O6. The van der Waals surface area contributed by atoms with E-state index in [9.17, 15) is 27.9 Å². The van der Waals surface area contributed by atoms with Crippen molar-refractivity contribution in [3.05, 3.63) is 53.6 Å². The predicted molar refractivity (Wildman–Crippen MR) is 112 cm³/mol. The summed E-state index contributed by atoms with van der Waals surface area (Å²) in [6.07, 6.45) is -5.51. The Bertz CT molecular complexity index is 1060. The van der Waals surface area contributed by atoms with Gasteiger partial charge in [-0.15, -0.1) is 0 Å². The average Bonchev–Trinajstić information content (AvgIpc) is 3.42. The number of fused-ring (bicyclic) bond motifs is 1. The fourth-order valence-electron chi connectivity index (χ4n) is 3.75. The monoisotopic (exact) mass is 480 g/mol. The van der Waals surface area contributed by atoms with Crippen molar-refractivity contribution in [2.24, 2.45) is 5.92 Å². The van der Waals surface area contributed by atoms with Crippen LogP contribution in [0.1, 0.15) is 17.5 Å². The second-order valence-corrected chi connectivity index (χ2v) is 8.10. The molecular weight excluding hydrogens is 457 g/mol. The number of likely N-dealkylation sites (tertiary alicyclic amines) is 1. The molecule has 2 aromatic rings. The third kappa shape index (κ3) is 5.71. The zero-order valence-corrected chi connectivity index (χ0v) is 18.0. The summed E-state index contributed by atoms with van der Waals surface area (Å²) < 4.78 is 54.7. The molecule has 0 bridgehead atoms. The summed E-state index contributed by atoms with van der Waals surface area (Å²) in [5.41, 5.74) is -0.455. The first-order valence-electron chi connectivity index (χ1n) is 10.6. The fourth-order valence-corrected chi connectivity index (χ4v) is 3.75. The first-order valence-corrected chi connectivity index (χ1v) is 10.6. The highest BCUT2D eigenvalue weighted by atomic mass is 19.4. The van der Waals surface area contributed by atoms with E-state index in [4.69, 9.17) is 14.2 Å². The number of amides is 2. The maximum Gasteiger partial charge on any atom is 0.416 e. The highest BCUT2D eigenvalue weighted by Gasteiger charge is 2.35. The molecule has 2 aliphatic heterocycles. The number of alkyl halides is 3. The quantitative estimate of drug-likeness (QED) is 0.602. The molecule has 0 aromatic heterocycles. The molecule has 1 saturated heterocycles. The van der Waals surface area contributed by atoms with Gasteiger partial charge < -0.3 is 29.5 Å². The van der Waals surface area contributed by atoms with Crippen molar-refractivity contribution in [1.29, 1.82) is 0 Å². The molecule has 182 valence electrons. The van der Waals surface area contributed by atoms with Crippen molar-refractivity contribution in [3.63, 3.8) is 0 Å². The van der Waals surface area contributed by atoms with E-state index < -0.39 is 29.7 Å². The SMILES string of the molecule is O=C(NCC(O)COc1ccc2c(c1)OCO2)C1CC(=O)N(Cc2cccc(C(F)(F)F)c2)C1. The number of rotatable bonds is 8. The molecule has 0 spiro atoms. The zero-order chi connectivity index (χ0) is 24.3. The average molecular weight is 480 g/mol. The van der Waals surface area contributed by atoms with Gasteiger partial charge in [0.05, 0.1) is 11.5 Å². The van der Waals surface area contributed by atoms with Crippen molar-refractivity contribution in [3.8, 4) is 17.2 Å². The van der Waals surface area contributed by atoms with Crippen LogP contribution >= 0.6 is 0 Å². The normalized spacial score (nSPS) is 18.2. The first-order chi connectivity index (χ1) is 16.2. The number of nitrogens with one attached hydrogen (secondary N) is 1. The van der Waals surface area contributed by atoms with Crippen molar-refractivity contribution < 1.29 is 42.1 Å². The minimum atomic E-state index is -4.47. The third-order valence-corrected chi connectivity index (χ3v) is 5.51. The Balaban J connectivity index is 1.23. The van der Waals surface area contributed by atoms with E-state index in [1.54, 1.807) is 18.2 Å². The predicted octanol–water partition coefficient (Wildman–Crippen LogP) is 2.34. The van der Waals surface area contributed by atoms with Crippen molar-refractivity contribution in [1.82, 2.24) is 10.2 Å². The number of carbonyl (C=O) groups excluding carboxylic acids is 2. The van der Waals surface area contributed by atoms with E-state index in [0.29, 0.717) is 22.8 Å². The summed E-state index contributed by atoms with van der Waals surface area (Å²) >= 11 is 0. The second kappa shape index (κ2) is 9.80. The number of hydrogen-bond donors (Lipinski definition) is 2. The Hall–Kier alpha value is -3.47. The number of hydrogen-bond acceptors (Lipinski definition) is 6. The molecule has 2 aliphatic rings. The summed E-state index contributed by atoms with van der Waals surface area (Å²) in [4.78, 5) is 26.1. The molecule has 11 heteroatoms. The molecule has 1 fully saturated rings. The molecule has 2 aromatic carbocycles. The molecule has 2 N–H and O–H groups in total. The third-order valence-electron chi connectivity index (χ3n) is 5.51. The number of aliphatic hydroxyl groups excluding tert-OH is 1. The van der Waals surface area contributed by atoms with Crippen molar-refractivity contribution in [2.45, 2.75) is 25.2 Å². The second-order valence-electron chi connectivity index (χ2n) is 8.10. The lowest BCUT2D eigenvalue weighted by atomic mass is 10.1. The maximum atomic E-state index is 12.9. The van der Waals surface area contributed by atoms with Crippen molar-refractivity contribution in [2.75, 3.05) is 26.5 Å². The zero-order valence-electron chi connectivity index (χ0n) is 18.0. The molecule has 2 heterocycles. The molecule has 4 rings (SSSR count). The van der Waals surface area contributed by atoms with Crippen LogP contribution in [-0.4, -0.2) is 54.4 Å². The van der Waals surface area contributed by atoms with Crippen LogP contribution in [0.5, 0.6) is 17.2 Å². The van der Waals surface area contributed by atoms with Gasteiger partial charge in [0.1, 0.15) is 18.5 Å². The summed E-state index contributed by atoms with van der Waals surface area (Å²) in [5, 5.41) is 12.7. The summed E-state index contributed by atoms with van der Waals surface area (Å²) in [6, 6.07) is 9.75. The van der Waals surface area contributed by atoms with Crippen LogP contribution in [0.2, 0.25) is 0 Å². The van der Waals surface area contributed by atoms with Gasteiger partial charge in [-0.25, -0.2) is 0 Å². The van der Waals surface area contributed by atoms with Gasteiger partial charge in [0, 0.05) is 32.1 Å². The van der Waals surface area contributed by atoms with Crippen LogP contribution in [0, 0.1) is 5.92 Å². The Morgan fingerprint density at radius 1 is 1.21 bits per heavy atom. The molecule has 2 amide bonds. The summed E-state index contributed by atoms with van der Waals surface area (Å²) in [7, 11) is 0. The largest absolute Gasteiger partial charge is 0.491 e. The lowest BCUT2D eigenvalue weighted by Gasteiger charge is -2.18. The highest BCUT2D eigenvalue weighted by molar-refractivity contribution is 5.89. The van der Waals surface area contributed by atoms with Crippen LogP contribution < -0.4 is 19.5 Å². The van der Waals surface area contributed by atoms with Crippen LogP contribution in [0.15, 0.2) is 42.5 Å². The van der Waals surface area contributed by atoms with E-state index in [1.165, 1.54) is 17.0 Å². The van der Waals surface area contributed by atoms with E-state index in [1.807, 2.05) is 0 Å². The number of ether oxygens (including phenoxy) is 3. The number of aliphatic hydroxyl groups is 1. The Labute approximate surface area is 193 Å². The number of carbonyl (C=O) groups is 2. The molecule has 2 unspecified atom stereocenters. The number of halogens is 3. The van der Waals surface area contributed by atoms with E-state index in [0.717, 1.165) is 12.1 Å². The van der Waals surface area contributed by atoms with Gasteiger partial charge >= 0.3 is 6.18 Å². The summed E-state index contributed by atoms with van der Waals surface area (Å²) in [5.74, 6) is 0.238. The minimum absolute atomic E-state index is 0.0153. The molecule has 2 atom stereocenters. The highest BCUT2D eigenvalue weighted by Crippen LogP contribution is 2.35. The van der Waals surface area contributed by atoms with Crippen LogP contribution in [0.25, 0.3) is 0 Å². The lowest BCUT2D eigenvalue weighted by Crippen LogP contribution is -2.39. The summed E-state index contributed by atoms with van der Waals surface area (Å²) in [6.45, 7) is 0.0462. The topological polar surface area (TPSA) is 97.3 Å². The number of benzene rings is 2. The van der Waals surface area contributed by atoms with E-state index in [-0.39, 0.29) is 45.4 Å². The minimum Gasteiger partial charge on any atom is -0.491 e. The number of nitrogens with zero attached hydrogens (tertiary/aromatic N) is 1. The first kappa shape index (κ1) is 23.7. The lowest BCUT2D eigenvalue weighted by molar-refractivity contribution is -0.137. The molecule has 0 saturated carbocycles. The standard InChI is InChI=1S/C23H23F3N2O6/c24-23(25,26)16-3-1-2-14(6-16)10-28-11-15(7-21(28)30)22(31)27-9-17(29)12-32-18-4-5-19-20(8-18)34-13-33-19/h1-6,8,15,17,29H,7,9-13H2,(H,27,31).